The molecule has 1 aromatic carbocycles. The average Bonchev–Trinajstić information content (AvgIpc) is 3.36. The molecule has 1 aliphatic carbocycles. The Labute approximate surface area is 179 Å². The molecule has 0 spiro atoms. The molecule has 0 radical (unpaired) electrons. The Morgan fingerprint density at radius 3 is 2.43 bits per heavy atom. The van der Waals surface area contributed by atoms with Crippen molar-refractivity contribution in [2.75, 3.05) is 52.9 Å². The van der Waals surface area contributed by atoms with Gasteiger partial charge in [0.1, 0.15) is 5.82 Å². The van der Waals surface area contributed by atoms with Crippen molar-refractivity contribution in [3.05, 3.63) is 35.6 Å². The predicted molar refractivity (Wildman–Crippen MR) is 117 cm³/mol. The normalized spacial score (nSPS) is 22.8. The number of guanidine groups is 1. The molecular weight excluding hydrogens is 381 g/mol. The Kier molecular flexibility index (Phi) is 6.27. The fourth-order valence-electron chi connectivity index (χ4n) is 4.80. The first-order valence-corrected chi connectivity index (χ1v) is 11.3. The summed E-state index contributed by atoms with van der Waals surface area (Å²) in [5, 5.41) is 3.53. The molecule has 3 fully saturated rings. The average molecular weight is 416 g/mol. The lowest BCUT2D eigenvalue weighted by atomic mass is 9.96. The summed E-state index contributed by atoms with van der Waals surface area (Å²) in [4.78, 5) is 23.8. The van der Waals surface area contributed by atoms with Gasteiger partial charge in [-0.2, -0.15) is 0 Å². The van der Waals surface area contributed by atoms with Gasteiger partial charge < -0.3 is 15.1 Å². The lowest BCUT2D eigenvalue weighted by molar-refractivity contribution is -0.135. The molecule has 1 unspecified atom stereocenters. The van der Waals surface area contributed by atoms with Crippen LogP contribution < -0.4 is 5.32 Å². The zero-order valence-corrected chi connectivity index (χ0v) is 18.2. The zero-order chi connectivity index (χ0) is 21.1. The molecule has 3 aliphatic rings. The molecule has 0 bridgehead atoms. The number of nitrogens with one attached hydrogen (secondary N) is 1. The molecule has 1 atom stereocenters. The maximum atomic E-state index is 13.7. The highest BCUT2D eigenvalue weighted by Gasteiger charge is 2.44. The molecule has 2 saturated heterocycles. The van der Waals surface area contributed by atoms with E-state index in [9.17, 15) is 9.18 Å². The van der Waals surface area contributed by atoms with Crippen molar-refractivity contribution >= 4 is 11.9 Å². The van der Waals surface area contributed by atoms with Gasteiger partial charge in [0.15, 0.2) is 5.96 Å². The van der Waals surface area contributed by atoms with Gasteiger partial charge in [0, 0.05) is 58.3 Å². The van der Waals surface area contributed by atoms with Crippen LogP contribution >= 0.6 is 0 Å². The van der Waals surface area contributed by atoms with Gasteiger partial charge in [0.25, 0.3) is 0 Å². The molecule has 1 amide bonds. The second kappa shape index (κ2) is 8.92. The van der Waals surface area contributed by atoms with E-state index >= 15 is 0 Å². The van der Waals surface area contributed by atoms with E-state index in [4.69, 9.17) is 0 Å². The van der Waals surface area contributed by atoms with Crippen LogP contribution in [0.15, 0.2) is 29.3 Å². The van der Waals surface area contributed by atoms with Gasteiger partial charge >= 0.3 is 0 Å². The number of rotatable bonds is 5. The van der Waals surface area contributed by atoms with Crippen LogP contribution in [0.4, 0.5) is 4.39 Å². The maximum Gasteiger partial charge on any atom is 0.239 e. The van der Waals surface area contributed by atoms with Crippen molar-refractivity contribution in [2.45, 2.75) is 44.1 Å². The largest absolute Gasteiger partial charge is 0.355 e. The fourth-order valence-corrected chi connectivity index (χ4v) is 4.80. The molecule has 7 heteroatoms. The third kappa shape index (κ3) is 4.46. The Morgan fingerprint density at radius 1 is 1.13 bits per heavy atom. The number of hydrogen-bond donors (Lipinski definition) is 1. The van der Waals surface area contributed by atoms with Crippen LogP contribution in [0.25, 0.3) is 0 Å². The van der Waals surface area contributed by atoms with Gasteiger partial charge in [0.2, 0.25) is 5.91 Å². The number of hydrogen-bond acceptors (Lipinski definition) is 3. The summed E-state index contributed by atoms with van der Waals surface area (Å²) in [6.07, 6.45) is 4.41. The van der Waals surface area contributed by atoms with Crippen LogP contribution in [0.2, 0.25) is 0 Å². The molecule has 2 aliphatic heterocycles. The van der Waals surface area contributed by atoms with Crippen LogP contribution in [-0.2, 0) is 10.2 Å². The van der Waals surface area contributed by atoms with Crippen molar-refractivity contribution in [1.29, 1.82) is 0 Å². The molecule has 6 nitrogen and oxygen atoms in total. The third-order valence-corrected chi connectivity index (χ3v) is 7.02. The van der Waals surface area contributed by atoms with Gasteiger partial charge in [-0.25, -0.2) is 4.39 Å². The number of carbonyl (C=O) groups excluding carboxylic acids is 1. The minimum Gasteiger partial charge on any atom is -0.355 e. The van der Waals surface area contributed by atoms with E-state index in [2.05, 4.69) is 20.1 Å². The summed E-state index contributed by atoms with van der Waals surface area (Å²) in [6.45, 7) is 8.05. The van der Waals surface area contributed by atoms with Crippen LogP contribution in [0.5, 0.6) is 0 Å². The Bertz CT molecular complexity index is 780. The highest BCUT2D eigenvalue weighted by atomic mass is 19.1. The van der Waals surface area contributed by atoms with Crippen molar-refractivity contribution in [1.82, 2.24) is 20.0 Å². The molecule has 2 heterocycles. The van der Waals surface area contributed by atoms with Crippen molar-refractivity contribution in [3.63, 3.8) is 0 Å². The number of halogens is 1. The smallest absolute Gasteiger partial charge is 0.239 e. The maximum absolute atomic E-state index is 13.7. The third-order valence-electron chi connectivity index (χ3n) is 7.02. The van der Waals surface area contributed by atoms with E-state index in [1.54, 1.807) is 12.1 Å². The van der Waals surface area contributed by atoms with Crippen molar-refractivity contribution < 1.29 is 9.18 Å². The topological polar surface area (TPSA) is 51.2 Å². The first-order valence-electron chi connectivity index (χ1n) is 11.3. The summed E-state index contributed by atoms with van der Waals surface area (Å²) in [5.74, 6) is 1.00. The number of amides is 1. The number of aliphatic imine (C=N–C) groups is 1. The summed E-state index contributed by atoms with van der Waals surface area (Å²) in [6, 6.07) is 6.93. The molecule has 164 valence electrons. The Hall–Kier alpha value is -2.15. The molecule has 1 N–H and O–H groups in total. The number of nitrogens with zero attached hydrogens (tertiary/aromatic N) is 4. The SMILES string of the molecule is CN=C(NCC1(c2cccc(F)c2)CC1)N1CCN(C(C)C(=O)N2CCCC2)CC1. The zero-order valence-electron chi connectivity index (χ0n) is 18.2. The van der Waals surface area contributed by atoms with Gasteiger partial charge in [0.05, 0.1) is 6.04 Å². The lowest BCUT2D eigenvalue weighted by Gasteiger charge is -2.39. The van der Waals surface area contributed by atoms with Crippen molar-refractivity contribution in [2.24, 2.45) is 4.99 Å². The number of likely N-dealkylation sites (tertiary alicyclic amines) is 1. The molecule has 0 aromatic heterocycles. The highest BCUT2D eigenvalue weighted by molar-refractivity contribution is 5.82. The van der Waals surface area contributed by atoms with E-state index in [-0.39, 0.29) is 23.2 Å². The molecule has 1 aromatic rings. The molecule has 30 heavy (non-hydrogen) atoms. The van der Waals surface area contributed by atoms with Crippen LogP contribution in [0.3, 0.4) is 0 Å². The number of carbonyl (C=O) groups is 1. The number of piperazine rings is 1. The van der Waals surface area contributed by atoms with Gasteiger partial charge in [-0.3, -0.25) is 14.7 Å². The second-order valence-electron chi connectivity index (χ2n) is 8.92. The van der Waals surface area contributed by atoms with Gasteiger partial charge in [-0.1, -0.05) is 12.1 Å². The first-order chi connectivity index (χ1) is 14.5. The second-order valence-corrected chi connectivity index (χ2v) is 8.92. The van der Waals surface area contributed by atoms with Crippen LogP contribution in [-0.4, -0.2) is 85.5 Å². The van der Waals surface area contributed by atoms with E-state index in [0.29, 0.717) is 0 Å². The van der Waals surface area contributed by atoms with Crippen LogP contribution in [0.1, 0.15) is 38.2 Å². The minimum atomic E-state index is -0.170. The quantitative estimate of drug-likeness (QED) is 0.591. The van der Waals surface area contributed by atoms with E-state index < -0.39 is 0 Å². The fraction of sp³-hybridized carbons (Fsp3) is 0.652. The monoisotopic (exact) mass is 415 g/mol. The summed E-state index contributed by atoms with van der Waals surface area (Å²) in [5.41, 5.74) is 1.10. The predicted octanol–water partition coefficient (Wildman–Crippen LogP) is 2.06. The first kappa shape index (κ1) is 21.1. The summed E-state index contributed by atoms with van der Waals surface area (Å²) in [7, 11) is 1.82. The van der Waals surface area contributed by atoms with E-state index in [1.165, 1.54) is 6.07 Å². The molecule has 1 saturated carbocycles. The molecule has 4 rings (SSSR count). The number of benzene rings is 1. The minimum absolute atomic E-state index is 0.0243. The summed E-state index contributed by atoms with van der Waals surface area (Å²) < 4.78 is 13.7. The van der Waals surface area contributed by atoms with Crippen LogP contribution in [0, 0.1) is 5.82 Å². The highest BCUT2D eigenvalue weighted by Crippen LogP contribution is 2.47. The van der Waals surface area contributed by atoms with Crippen molar-refractivity contribution in [3.8, 4) is 0 Å². The van der Waals surface area contributed by atoms with E-state index in [1.807, 2.05) is 24.9 Å². The molecular formula is C23H34FN5O. The lowest BCUT2D eigenvalue weighted by Crippen LogP contribution is -2.57. The summed E-state index contributed by atoms with van der Waals surface area (Å²) >= 11 is 0. The standard InChI is InChI=1S/C23H34FN5O/c1-18(21(30)28-10-3-4-11-28)27-12-14-29(15-13-27)22(25-2)26-17-23(8-9-23)19-6-5-7-20(24)16-19/h5-7,16,18H,3-4,8-15,17H2,1-2H3,(H,25,26). The van der Waals surface area contributed by atoms with Gasteiger partial charge in [-0.05, 0) is 50.3 Å². The Balaban J connectivity index is 1.29. The van der Waals surface area contributed by atoms with Gasteiger partial charge in [-0.15, -0.1) is 0 Å². The van der Waals surface area contributed by atoms with E-state index in [0.717, 1.165) is 83.0 Å². The Morgan fingerprint density at radius 2 is 1.83 bits per heavy atom.